The highest BCUT2D eigenvalue weighted by Gasteiger charge is 2.14. The van der Waals surface area contributed by atoms with Crippen LogP contribution in [0, 0.1) is 0 Å². The standard InChI is InChI=1S/C10H16ClN5O3S/c1-16(2)20(18,19)4-3-13-10(17)7-5-8(11)9(15-12)14-6-7/h5-6H,3-4,12H2,1-2H3,(H,13,17)(H,14,15). The van der Waals surface area contributed by atoms with E-state index in [0.717, 1.165) is 4.31 Å². The van der Waals surface area contributed by atoms with Gasteiger partial charge < -0.3 is 10.7 Å². The number of nitrogen functional groups attached to an aromatic ring is 1. The summed E-state index contributed by atoms with van der Waals surface area (Å²) in [5.41, 5.74) is 2.50. The van der Waals surface area contributed by atoms with Gasteiger partial charge in [-0.05, 0) is 6.07 Å². The van der Waals surface area contributed by atoms with Crippen LogP contribution in [0.5, 0.6) is 0 Å². The maximum Gasteiger partial charge on any atom is 0.252 e. The molecule has 0 aliphatic carbocycles. The highest BCUT2D eigenvalue weighted by molar-refractivity contribution is 7.89. The van der Waals surface area contributed by atoms with Crippen LogP contribution < -0.4 is 16.6 Å². The van der Waals surface area contributed by atoms with Gasteiger partial charge in [0.05, 0.1) is 16.3 Å². The van der Waals surface area contributed by atoms with Gasteiger partial charge in [0.1, 0.15) is 0 Å². The molecular weight excluding hydrogens is 306 g/mol. The van der Waals surface area contributed by atoms with Gasteiger partial charge in [-0.2, -0.15) is 0 Å². The molecule has 1 heterocycles. The maximum absolute atomic E-state index is 11.8. The molecule has 10 heteroatoms. The Bertz CT molecular complexity index is 591. The zero-order valence-corrected chi connectivity index (χ0v) is 12.6. The fraction of sp³-hybridized carbons (Fsp3) is 0.400. The maximum atomic E-state index is 11.8. The number of anilines is 1. The summed E-state index contributed by atoms with van der Waals surface area (Å²) in [6.45, 7) is -0.00610. The van der Waals surface area contributed by atoms with E-state index in [-0.39, 0.29) is 28.7 Å². The molecular formula is C10H16ClN5O3S. The molecule has 0 spiro atoms. The van der Waals surface area contributed by atoms with Gasteiger partial charge in [0.15, 0.2) is 5.82 Å². The van der Waals surface area contributed by atoms with Crippen molar-refractivity contribution in [1.29, 1.82) is 0 Å². The Labute approximate surface area is 122 Å². The fourth-order valence-electron chi connectivity index (χ4n) is 1.25. The molecule has 1 rings (SSSR count). The minimum absolute atomic E-state index is 0.00610. The van der Waals surface area contributed by atoms with E-state index in [2.05, 4.69) is 15.7 Å². The number of sulfonamides is 1. The van der Waals surface area contributed by atoms with Gasteiger partial charge in [-0.3, -0.25) is 4.79 Å². The summed E-state index contributed by atoms with van der Waals surface area (Å²) in [6, 6.07) is 1.39. The van der Waals surface area contributed by atoms with E-state index in [1.54, 1.807) is 0 Å². The van der Waals surface area contributed by atoms with Crippen LogP contribution in [0.2, 0.25) is 5.02 Å². The summed E-state index contributed by atoms with van der Waals surface area (Å²) < 4.78 is 24.1. The number of carbonyl (C=O) groups is 1. The first-order valence-electron chi connectivity index (χ1n) is 5.58. The largest absolute Gasteiger partial charge is 0.351 e. The number of hydrogen-bond donors (Lipinski definition) is 3. The molecule has 20 heavy (non-hydrogen) atoms. The summed E-state index contributed by atoms with van der Waals surface area (Å²) in [7, 11) is -0.485. The Morgan fingerprint density at radius 1 is 1.50 bits per heavy atom. The van der Waals surface area contributed by atoms with Crippen molar-refractivity contribution in [2.45, 2.75) is 0 Å². The van der Waals surface area contributed by atoms with Crippen LogP contribution in [0.1, 0.15) is 10.4 Å². The number of amides is 1. The Morgan fingerprint density at radius 2 is 2.15 bits per heavy atom. The minimum atomic E-state index is -3.34. The van der Waals surface area contributed by atoms with Crippen molar-refractivity contribution in [1.82, 2.24) is 14.6 Å². The smallest absolute Gasteiger partial charge is 0.252 e. The molecule has 0 atom stereocenters. The molecule has 112 valence electrons. The number of nitrogens with two attached hydrogens (primary N) is 1. The molecule has 0 unspecified atom stereocenters. The summed E-state index contributed by atoms with van der Waals surface area (Å²) >= 11 is 5.83. The normalized spacial score (nSPS) is 11.4. The zero-order chi connectivity index (χ0) is 15.3. The third-order valence-corrected chi connectivity index (χ3v) is 4.56. The second-order valence-corrected chi connectivity index (χ2v) is 6.76. The molecule has 0 aliphatic heterocycles. The second-order valence-electron chi connectivity index (χ2n) is 4.05. The van der Waals surface area contributed by atoms with Crippen molar-refractivity contribution in [2.24, 2.45) is 5.84 Å². The van der Waals surface area contributed by atoms with E-state index in [1.165, 1.54) is 26.4 Å². The van der Waals surface area contributed by atoms with E-state index in [0.29, 0.717) is 0 Å². The van der Waals surface area contributed by atoms with Crippen LogP contribution in [-0.2, 0) is 10.0 Å². The van der Waals surface area contributed by atoms with E-state index < -0.39 is 15.9 Å². The number of nitrogens with one attached hydrogen (secondary N) is 2. The lowest BCUT2D eigenvalue weighted by Gasteiger charge is -2.11. The minimum Gasteiger partial charge on any atom is -0.351 e. The van der Waals surface area contributed by atoms with Crippen molar-refractivity contribution < 1.29 is 13.2 Å². The first-order chi connectivity index (χ1) is 9.27. The fourth-order valence-corrected chi connectivity index (χ4v) is 2.19. The number of pyridine rings is 1. The van der Waals surface area contributed by atoms with Gasteiger partial charge in [-0.25, -0.2) is 23.5 Å². The molecule has 1 aromatic heterocycles. The van der Waals surface area contributed by atoms with Crippen LogP contribution in [0.15, 0.2) is 12.3 Å². The van der Waals surface area contributed by atoms with E-state index in [4.69, 9.17) is 17.4 Å². The quantitative estimate of drug-likeness (QED) is 0.486. The SMILES string of the molecule is CN(C)S(=O)(=O)CCNC(=O)c1cnc(NN)c(Cl)c1. The molecule has 1 amide bonds. The summed E-state index contributed by atoms with van der Waals surface area (Å²) in [4.78, 5) is 15.6. The molecule has 0 radical (unpaired) electrons. The van der Waals surface area contributed by atoms with E-state index in [1.807, 2.05) is 0 Å². The van der Waals surface area contributed by atoms with Crippen molar-refractivity contribution in [3.63, 3.8) is 0 Å². The first kappa shape index (κ1) is 16.6. The van der Waals surface area contributed by atoms with E-state index >= 15 is 0 Å². The van der Waals surface area contributed by atoms with E-state index in [9.17, 15) is 13.2 Å². The number of carbonyl (C=O) groups excluding carboxylic acids is 1. The lowest BCUT2D eigenvalue weighted by Crippen LogP contribution is -2.34. The number of nitrogens with zero attached hydrogens (tertiary/aromatic N) is 2. The zero-order valence-electron chi connectivity index (χ0n) is 11.1. The highest BCUT2D eigenvalue weighted by atomic mass is 35.5. The Morgan fingerprint density at radius 3 is 2.65 bits per heavy atom. The first-order valence-corrected chi connectivity index (χ1v) is 7.57. The second kappa shape index (κ2) is 6.84. The molecule has 0 saturated heterocycles. The van der Waals surface area contributed by atoms with Crippen LogP contribution in [0.3, 0.4) is 0 Å². The van der Waals surface area contributed by atoms with Crippen molar-refractivity contribution >= 4 is 33.3 Å². The van der Waals surface area contributed by atoms with Crippen molar-refractivity contribution in [3.05, 3.63) is 22.8 Å². The highest BCUT2D eigenvalue weighted by Crippen LogP contribution is 2.18. The summed E-state index contributed by atoms with van der Waals surface area (Å²) in [5, 5.41) is 2.67. The van der Waals surface area contributed by atoms with Crippen LogP contribution in [-0.4, -0.2) is 50.0 Å². The molecule has 0 aliphatic rings. The van der Waals surface area contributed by atoms with Crippen LogP contribution in [0.4, 0.5) is 5.82 Å². The lowest BCUT2D eigenvalue weighted by atomic mass is 10.2. The van der Waals surface area contributed by atoms with Crippen LogP contribution in [0.25, 0.3) is 0 Å². The Hall–Kier alpha value is -1.42. The number of aromatic nitrogens is 1. The Kier molecular flexibility index (Phi) is 5.69. The van der Waals surface area contributed by atoms with Crippen LogP contribution >= 0.6 is 11.6 Å². The topological polar surface area (TPSA) is 117 Å². The van der Waals surface area contributed by atoms with Crippen molar-refractivity contribution in [3.8, 4) is 0 Å². The van der Waals surface area contributed by atoms with Gasteiger partial charge in [0.25, 0.3) is 5.91 Å². The molecule has 8 nitrogen and oxygen atoms in total. The molecule has 0 aromatic carbocycles. The third kappa shape index (κ3) is 4.30. The number of hydrogen-bond acceptors (Lipinski definition) is 6. The van der Waals surface area contributed by atoms with Gasteiger partial charge in [0, 0.05) is 26.8 Å². The van der Waals surface area contributed by atoms with Gasteiger partial charge in [-0.15, -0.1) is 0 Å². The number of halogens is 1. The molecule has 0 fully saturated rings. The van der Waals surface area contributed by atoms with Crippen molar-refractivity contribution in [2.75, 3.05) is 31.8 Å². The monoisotopic (exact) mass is 321 g/mol. The predicted octanol–water partition coefficient (Wildman–Crippen LogP) is -0.358. The molecule has 0 bridgehead atoms. The lowest BCUT2D eigenvalue weighted by molar-refractivity contribution is 0.0955. The summed E-state index contributed by atoms with van der Waals surface area (Å²) in [5.74, 6) is 4.77. The predicted molar refractivity (Wildman–Crippen MR) is 76.9 cm³/mol. The average Bonchev–Trinajstić information content (AvgIpc) is 2.38. The Balaban J connectivity index is 2.62. The van der Waals surface area contributed by atoms with Gasteiger partial charge in [-0.1, -0.05) is 11.6 Å². The number of rotatable bonds is 6. The molecule has 1 aromatic rings. The summed E-state index contributed by atoms with van der Waals surface area (Å²) in [6.07, 6.45) is 1.29. The third-order valence-electron chi connectivity index (χ3n) is 2.44. The van der Waals surface area contributed by atoms with Gasteiger partial charge >= 0.3 is 0 Å². The molecule has 4 N–H and O–H groups in total. The molecule has 0 saturated carbocycles. The number of hydrazine groups is 1. The van der Waals surface area contributed by atoms with Gasteiger partial charge in [0.2, 0.25) is 10.0 Å². The average molecular weight is 322 g/mol.